The van der Waals surface area contributed by atoms with Crippen LogP contribution in [-0.2, 0) is 0 Å². The fourth-order valence-corrected chi connectivity index (χ4v) is 2.60. The molecule has 0 spiro atoms. The largest absolute Gasteiger partial charge is 0.452 e. The van der Waals surface area contributed by atoms with Gasteiger partial charge in [0.1, 0.15) is 0 Å². The molecule has 4 heteroatoms. The zero-order chi connectivity index (χ0) is 11.7. The van der Waals surface area contributed by atoms with Gasteiger partial charge in [0.25, 0.3) is 5.91 Å². The molecule has 0 aromatic carbocycles. The van der Waals surface area contributed by atoms with Crippen molar-refractivity contribution >= 4 is 17.5 Å². The van der Waals surface area contributed by atoms with Crippen LogP contribution in [0.5, 0.6) is 0 Å². The Morgan fingerprint density at radius 1 is 1.44 bits per heavy atom. The van der Waals surface area contributed by atoms with E-state index < -0.39 is 0 Å². The van der Waals surface area contributed by atoms with Crippen molar-refractivity contribution in [3.8, 4) is 0 Å². The molecule has 0 aliphatic carbocycles. The molecule has 1 aliphatic heterocycles. The Labute approximate surface area is 100 Å². The Kier molecular flexibility index (Phi) is 3.24. The first kappa shape index (κ1) is 11.5. The number of likely N-dealkylation sites (tertiary alicyclic amines) is 1. The maximum atomic E-state index is 12.3. The lowest BCUT2D eigenvalue weighted by Crippen LogP contribution is -2.47. The first-order valence-electron chi connectivity index (χ1n) is 5.67. The number of piperidine rings is 1. The summed E-state index contributed by atoms with van der Waals surface area (Å²) in [5, 5.41) is 0.190. The smallest absolute Gasteiger partial charge is 0.259 e. The fourth-order valence-electron chi connectivity index (χ4n) is 2.41. The van der Waals surface area contributed by atoms with Crippen LogP contribution in [0.1, 0.15) is 43.5 Å². The third-order valence-corrected chi connectivity index (χ3v) is 3.57. The van der Waals surface area contributed by atoms with Crippen LogP contribution in [0, 0.1) is 0 Å². The van der Waals surface area contributed by atoms with Crippen molar-refractivity contribution in [3.05, 3.63) is 23.1 Å². The highest BCUT2D eigenvalue weighted by Crippen LogP contribution is 2.27. The third kappa shape index (κ3) is 1.96. The topological polar surface area (TPSA) is 33.5 Å². The molecule has 0 radical (unpaired) electrons. The molecule has 3 nitrogen and oxygen atoms in total. The Hall–Kier alpha value is -0.960. The number of carbonyl (C=O) groups is 1. The Balaban J connectivity index is 2.23. The van der Waals surface area contributed by atoms with E-state index in [4.69, 9.17) is 16.0 Å². The molecule has 1 fully saturated rings. The predicted molar refractivity (Wildman–Crippen MR) is 62.7 cm³/mol. The van der Waals surface area contributed by atoms with Crippen LogP contribution in [0.15, 0.2) is 16.7 Å². The van der Waals surface area contributed by atoms with Crippen LogP contribution >= 0.6 is 11.6 Å². The summed E-state index contributed by atoms with van der Waals surface area (Å²) in [7, 11) is 0. The van der Waals surface area contributed by atoms with Crippen LogP contribution in [0.25, 0.3) is 0 Å². The standard InChI is InChI=1S/C12H16ClNO2/c1-8-4-3-5-9(2)14(8)12(15)10-6-7-16-11(10)13/h6-9H,3-5H2,1-2H3. The van der Waals surface area contributed by atoms with E-state index in [9.17, 15) is 4.79 Å². The van der Waals surface area contributed by atoms with E-state index in [1.54, 1.807) is 6.07 Å². The molecule has 2 rings (SSSR count). The molecule has 1 aliphatic rings. The number of hydrogen-bond acceptors (Lipinski definition) is 2. The van der Waals surface area contributed by atoms with Gasteiger partial charge in [-0.15, -0.1) is 0 Å². The summed E-state index contributed by atoms with van der Waals surface area (Å²) in [4.78, 5) is 14.2. The van der Waals surface area contributed by atoms with E-state index in [1.807, 2.05) is 4.90 Å². The summed E-state index contributed by atoms with van der Waals surface area (Å²) in [6, 6.07) is 2.20. The SMILES string of the molecule is CC1CCCC(C)N1C(=O)c1ccoc1Cl. The first-order chi connectivity index (χ1) is 7.61. The summed E-state index contributed by atoms with van der Waals surface area (Å²) in [6.45, 7) is 4.17. The van der Waals surface area contributed by atoms with Crippen molar-refractivity contribution in [3.63, 3.8) is 0 Å². The molecule has 0 saturated carbocycles. The van der Waals surface area contributed by atoms with Gasteiger partial charge in [-0.1, -0.05) is 0 Å². The van der Waals surface area contributed by atoms with E-state index in [2.05, 4.69) is 13.8 Å². The van der Waals surface area contributed by atoms with Gasteiger partial charge < -0.3 is 9.32 Å². The van der Waals surface area contributed by atoms with Crippen LogP contribution in [0.4, 0.5) is 0 Å². The average Bonchev–Trinajstić information content (AvgIpc) is 2.64. The average molecular weight is 242 g/mol. The number of halogens is 1. The van der Waals surface area contributed by atoms with Crippen molar-refractivity contribution in [2.75, 3.05) is 0 Å². The van der Waals surface area contributed by atoms with Crippen LogP contribution in [-0.4, -0.2) is 22.9 Å². The second-order valence-corrected chi connectivity index (χ2v) is 4.79. The van der Waals surface area contributed by atoms with Gasteiger partial charge in [-0.05, 0) is 50.8 Å². The number of rotatable bonds is 1. The number of carbonyl (C=O) groups excluding carboxylic acids is 1. The van der Waals surface area contributed by atoms with Gasteiger partial charge in [0.05, 0.1) is 11.8 Å². The van der Waals surface area contributed by atoms with Crippen LogP contribution in [0.3, 0.4) is 0 Å². The minimum atomic E-state index is -0.0153. The maximum Gasteiger partial charge on any atom is 0.259 e. The molecule has 16 heavy (non-hydrogen) atoms. The van der Waals surface area contributed by atoms with Crippen molar-refractivity contribution < 1.29 is 9.21 Å². The third-order valence-electron chi connectivity index (χ3n) is 3.28. The van der Waals surface area contributed by atoms with Gasteiger partial charge in [-0.2, -0.15) is 0 Å². The number of furan rings is 1. The quantitative estimate of drug-likeness (QED) is 0.756. The molecule has 1 aromatic heterocycles. The monoisotopic (exact) mass is 241 g/mol. The molecule has 1 aromatic rings. The zero-order valence-corrected chi connectivity index (χ0v) is 10.3. The maximum absolute atomic E-state index is 12.3. The van der Waals surface area contributed by atoms with Crippen molar-refractivity contribution in [2.45, 2.75) is 45.2 Å². The van der Waals surface area contributed by atoms with Gasteiger partial charge >= 0.3 is 0 Å². The fraction of sp³-hybridized carbons (Fsp3) is 0.583. The van der Waals surface area contributed by atoms with Crippen LogP contribution in [0.2, 0.25) is 5.22 Å². The molecule has 88 valence electrons. The summed E-state index contributed by atoms with van der Waals surface area (Å²) in [6.07, 6.45) is 4.76. The summed E-state index contributed by atoms with van der Waals surface area (Å²) < 4.78 is 4.96. The summed E-state index contributed by atoms with van der Waals surface area (Å²) in [5.41, 5.74) is 0.474. The molecular formula is C12H16ClNO2. The predicted octanol–water partition coefficient (Wildman–Crippen LogP) is 3.34. The van der Waals surface area contributed by atoms with Crippen molar-refractivity contribution in [1.29, 1.82) is 0 Å². The molecule has 0 bridgehead atoms. The van der Waals surface area contributed by atoms with Gasteiger partial charge in [0, 0.05) is 12.1 Å². The normalized spacial score (nSPS) is 25.8. The molecule has 2 atom stereocenters. The highest BCUT2D eigenvalue weighted by Gasteiger charge is 2.31. The Bertz CT molecular complexity index is 378. The van der Waals surface area contributed by atoms with Crippen molar-refractivity contribution in [2.24, 2.45) is 0 Å². The van der Waals surface area contributed by atoms with E-state index in [-0.39, 0.29) is 23.2 Å². The minimum absolute atomic E-state index is 0.0153. The van der Waals surface area contributed by atoms with Gasteiger partial charge in [0.2, 0.25) is 5.22 Å². The van der Waals surface area contributed by atoms with Gasteiger partial charge in [-0.3, -0.25) is 4.79 Å². The lowest BCUT2D eigenvalue weighted by Gasteiger charge is -2.38. The highest BCUT2D eigenvalue weighted by atomic mass is 35.5. The van der Waals surface area contributed by atoms with E-state index >= 15 is 0 Å². The molecule has 2 heterocycles. The zero-order valence-electron chi connectivity index (χ0n) is 9.57. The number of amides is 1. The molecule has 1 amide bonds. The van der Waals surface area contributed by atoms with Gasteiger partial charge in [-0.25, -0.2) is 0 Å². The molecular weight excluding hydrogens is 226 g/mol. The summed E-state index contributed by atoms with van der Waals surface area (Å²) >= 11 is 5.84. The number of nitrogens with zero attached hydrogens (tertiary/aromatic N) is 1. The highest BCUT2D eigenvalue weighted by molar-refractivity contribution is 6.32. The molecule has 0 N–H and O–H groups in total. The minimum Gasteiger partial charge on any atom is -0.452 e. The Morgan fingerprint density at radius 2 is 2.06 bits per heavy atom. The number of hydrogen-bond donors (Lipinski definition) is 0. The Morgan fingerprint density at radius 3 is 2.56 bits per heavy atom. The van der Waals surface area contributed by atoms with Gasteiger partial charge in [0.15, 0.2) is 0 Å². The molecule has 1 saturated heterocycles. The second-order valence-electron chi connectivity index (χ2n) is 4.45. The lowest BCUT2D eigenvalue weighted by molar-refractivity contribution is 0.0510. The van der Waals surface area contributed by atoms with E-state index in [0.29, 0.717) is 5.56 Å². The second kappa shape index (κ2) is 4.50. The van der Waals surface area contributed by atoms with Crippen molar-refractivity contribution in [1.82, 2.24) is 4.90 Å². The lowest BCUT2D eigenvalue weighted by atomic mass is 9.97. The first-order valence-corrected chi connectivity index (χ1v) is 6.04. The summed E-state index contributed by atoms with van der Waals surface area (Å²) in [5.74, 6) is -0.0153. The van der Waals surface area contributed by atoms with Crippen LogP contribution < -0.4 is 0 Å². The molecule has 2 unspecified atom stereocenters. The van der Waals surface area contributed by atoms with E-state index in [0.717, 1.165) is 12.8 Å². The van der Waals surface area contributed by atoms with E-state index in [1.165, 1.54) is 12.7 Å².